The lowest BCUT2D eigenvalue weighted by Crippen LogP contribution is -3.16. The minimum atomic E-state index is -3.34. The molecule has 12 nitrogen and oxygen atoms in total. The van der Waals surface area contributed by atoms with Crippen molar-refractivity contribution in [3.05, 3.63) is 64.6 Å². The van der Waals surface area contributed by atoms with E-state index < -0.39 is 29.9 Å². The molecular weight excluding hydrogens is 698 g/mol. The summed E-state index contributed by atoms with van der Waals surface area (Å²) in [5, 5.41) is 2.69. The van der Waals surface area contributed by atoms with E-state index in [9.17, 15) is 36.7 Å². The van der Waals surface area contributed by atoms with Gasteiger partial charge in [0.1, 0.15) is 0 Å². The number of alkyl halides is 2. The Hall–Kier alpha value is -4.54. The smallest absolute Gasteiger partial charge is 0.387 e. The van der Waals surface area contributed by atoms with Crippen molar-refractivity contribution in [3.63, 3.8) is 0 Å². The average molecular weight is 738 g/mol. The molecule has 17 heteroatoms. The molecular formula is C34H40ClF4N7O5+2. The Kier molecular flexibility index (Phi) is 11.4. The van der Waals surface area contributed by atoms with Gasteiger partial charge in [-0.3, -0.25) is 19.3 Å². The summed E-state index contributed by atoms with van der Waals surface area (Å²) >= 11 is 6.47. The number of amides is 4. The number of nitrogens with one attached hydrogen (secondary N) is 2. The number of anilines is 1. The van der Waals surface area contributed by atoms with Crippen LogP contribution in [0.1, 0.15) is 33.8 Å². The summed E-state index contributed by atoms with van der Waals surface area (Å²) in [6.07, 6.45) is 2.41. The maximum absolute atomic E-state index is 14.7. The summed E-state index contributed by atoms with van der Waals surface area (Å²) < 4.78 is 59.7. The number of nitrogens with zero attached hydrogens (tertiary/aromatic N) is 5. The zero-order chi connectivity index (χ0) is 37.2. The maximum Gasteiger partial charge on any atom is 0.387 e. The second-order valence-electron chi connectivity index (χ2n) is 13.7. The maximum atomic E-state index is 14.7. The van der Waals surface area contributed by atoms with Crippen LogP contribution in [0.25, 0.3) is 11.3 Å². The van der Waals surface area contributed by atoms with E-state index in [0.717, 1.165) is 23.2 Å². The minimum Gasteiger partial charge on any atom is -0.432 e. The molecule has 0 atom stereocenters. The zero-order valence-electron chi connectivity index (χ0n) is 28.6. The van der Waals surface area contributed by atoms with Crippen molar-refractivity contribution >= 4 is 40.9 Å². The lowest BCUT2D eigenvalue weighted by molar-refractivity contribution is -0.888. The predicted molar refractivity (Wildman–Crippen MR) is 178 cm³/mol. The number of piperazine rings is 1. The van der Waals surface area contributed by atoms with Crippen molar-refractivity contribution in [2.45, 2.75) is 19.5 Å². The number of rotatable bonds is 9. The normalized spacial score (nSPS) is 18.2. The SMILES string of the molecule is Cn1c(-c2ccc(OC(F)F)c(F)c2F)cnc1C(=O)Nc1ccc(C(=O)N2CCN(C(=O)C3CC[NH+](C(=O)C[N+](C)(C)C)CC3)CC2)c(Cl)c1. The van der Waals surface area contributed by atoms with Crippen molar-refractivity contribution in [1.82, 2.24) is 19.4 Å². The first kappa shape index (κ1) is 37.7. The lowest BCUT2D eigenvalue weighted by Gasteiger charge is -2.37. The number of hydrogen-bond acceptors (Lipinski definition) is 6. The summed E-state index contributed by atoms with van der Waals surface area (Å²) in [5.41, 5.74) is 0.110. The zero-order valence-corrected chi connectivity index (χ0v) is 29.4. The quantitative estimate of drug-likeness (QED) is 0.258. The number of piperidine rings is 1. The molecule has 3 heterocycles. The van der Waals surface area contributed by atoms with Gasteiger partial charge in [0.25, 0.3) is 11.8 Å². The molecule has 0 spiro atoms. The number of imidazole rings is 1. The molecule has 0 bridgehead atoms. The molecule has 2 aromatic carbocycles. The molecule has 2 saturated heterocycles. The lowest BCUT2D eigenvalue weighted by atomic mass is 9.95. The summed E-state index contributed by atoms with van der Waals surface area (Å²) in [6, 6.07) is 6.23. The van der Waals surface area contributed by atoms with Crippen molar-refractivity contribution in [3.8, 4) is 17.0 Å². The van der Waals surface area contributed by atoms with Gasteiger partial charge in [-0.25, -0.2) is 14.2 Å². The first-order valence-electron chi connectivity index (χ1n) is 16.4. The van der Waals surface area contributed by atoms with Gasteiger partial charge < -0.3 is 28.9 Å². The Bertz CT molecular complexity index is 1820. The number of aromatic nitrogens is 2. The Morgan fingerprint density at radius 2 is 1.65 bits per heavy atom. The number of likely N-dealkylation sites (N-methyl/N-ethyl adjacent to an activating group) is 1. The third kappa shape index (κ3) is 8.68. The molecule has 2 aliphatic heterocycles. The van der Waals surface area contributed by atoms with Crippen LogP contribution in [0.15, 0.2) is 36.5 Å². The van der Waals surface area contributed by atoms with Gasteiger partial charge in [0, 0.05) is 63.2 Å². The number of ether oxygens (including phenoxy) is 1. The fraction of sp³-hybridized carbons (Fsp3) is 0.441. The first-order valence-corrected chi connectivity index (χ1v) is 16.7. The number of quaternary nitrogens is 2. The fourth-order valence-corrected chi connectivity index (χ4v) is 6.60. The molecule has 274 valence electrons. The largest absolute Gasteiger partial charge is 0.432 e. The number of likely N-dealkylation sites (tertiary alicyclic amines) is 1. The molecule has 3 aromatic rings. The molecule has 2 aliphatic rings. The van der Waals surface area contributed by atoms with Gasteiger partial charge in [0.2, 0.25) is 11.7 Å². The number of halogens is 5. The van der Waals surface area contributed by atoms with Crippen LogP contribution in [0.3, 0.4) is 0 Å². The van der Waals surface area contributed by atoms with Crippen LogP contribution in [-0.2, 0) is 16.6 Å². The van der Waals surface area contributed by atoms with Gasteiger partial charge in [-0.15, -0.1) is 0 Å². The van der Waals surface area contributed by atoms with Crippen LogP contribution in [0.4, 0.5) is 23.2 Å². The van der Waals surface area contributed by atoms with E-state index in [1.807, 2.05) is 21.1 Å². The van der Waals surface area contributed by atoms with E-state index in [-0.39, 0.29) is 57.0 Å². The number of carbonyl (C=O) groups excluding carboxylic acids is 4. The van der Waals surface area contributed by atoms with E-state index in [0.29, 0.717) is 63.1 Å². The van der Waals surface area contributed by atoms with Gasteiger partial charge >= 0.3 is 12.5 Å². The standard InChI is InChI=1S/C34H38ClF4N7O5/c1-42-25(23-7-8-26(51-34(38)39)29(37)28(23)36)18-40-30(42)31(48)41-21-5-6-22(24(35)17-21)33(50)45-15-13-44(14-16-45)32(49)20-9-11-43(12-10-20)27(47)19-46(2,3)4/h5-8,17-18,20,34H,9-16,19H2,1-4H3/p+2. The van der Waals surface area contributed by atoms with E-state index in [1.165, 1.54) is 29.8 Å². The van der Waals surface area contributed by atoms with Gasteiger partial charge in [0.15, 0.2) is 23.9 Å². The molecule has 0 aliphatic carbocycles. The van der Waals surface area contributed by atoms with E-state index in [2.05, 4.69) is 15.0 Å². The summed E-state index contributed by atoms with van der Waals surface area (Å²) in [7, 11) is 7.32. The topological polar surface area (TPSA) is 118 Å². The second kappa shape index (κ2) is 15.4. The van der Waals surface area contributed by atoms with Gasteiger partial charge in [-0.05, 0) is 30.3 Å². The van der Waals surface area contributed by atoms with Crippen molar-refractivity contribution in [2.75, 3.05) is 72.3 Å². The molecule has 2 N–H and O–H groups in total. The summed E-state index contributed by atoms with van der Waals surface area (Å²) in [5.74, 6) is -5.19. The average Bonchev–Trinajstić information content (AvgIpc) is 3.46. The van der Waals surface area contributed by atoms with Crippen molar-refractivity contribution in [1.29, 1.82) is 0 Å². The number of carbonyl (C=O) groups is 4. The molecule has 0 unspecified atom stereocenters. The highest BCUT2D eigenvalue weighted by atomic mass is 35.5. The molecule has 4 amide bonds. The van der Waals surface area contributed by atoms with Gasteiger partial charge in [0.05, 0.1) is 56.7 Å². The van der Waals surface area contributed by atoms with Crippen LogP contribution >= 0.6 is 11.6 Å². The first-order chi connectivity index (χ1) is 24.0. The Morgan fingerprint density at radius 1 is 1.00 bits per heavy atom. The molecule has 1 aromatic heterocycles. The fourth-order valence-electron chi connectivity index (χ4n) is 6.33. The van der Waals surface area contributed by atoms with Crippen LogP contribution in [0.5, 0.6) is 5.75 Å². The van der Waals surface area contributed by atoms with Crippen LogP contribution in [0.2, 0.25) is 5.02 Å². The minimum absolute atomic E-state index is 0.00478. The second-order valence-corrected chi connectivity index (χ2v) is 14.1. The Labute approximate surface area is 297 Å². The summed E-state index contributed by atoms with van der Waals surface area (Å²) in [6.45, 7) is -0.259. The molecule has 2 fully saturated rings. The van der Waals surface area contributed by atoms with Gasteiger partial charge in [-0.2, -0.15) is 13.2 Å². The van der Waals surface area contributed by atoms with E-state index >= 15 is 0 Å². The highest BCUT2D eigenvalue weighted by Crippen LogP contribution is 2.31. The van der Waals surface area contributed by atoms with E-state index in [1.54, 1.807) is 9.80 Å². The van der Waals surface area contributed by atoms with Crippen molar-refractivity contribution < 1.29 is 50.9 Å². The molecule has 0 saturated carbocycles. The number of hydrogen-bond donors (Lipinski definition) is 2. The highest BCUT2D eigenvalue weighted by Gasteiger charge is 2.36. The van der Waals surface area contributed by atoms with Crippen LogP contribution in [-0.4, -0.2) is 121 Å². The highest BCUT2D eigenvalue weighted by molar-refractivity contribution is 6.34. The molecule has 5 rings (SSSR count). The van der Waals surface area contributed by atoms with Crippen LogP contribution in [0, 0.1) is 17.6 Å². The van der Waals surface area contributed by atoms with E-state index in [4.69, 9.17) is 11.6 Å². The van der Waals surface area contributed by atoms with Crippen LogP contribution < -0.4 is 15.0 Å². The third-order valence-electron chi connectivity index (χ3n) is 9.02. The predicted octanol–water partition coefficient (Wildman–Crippen LogP) is 2.68. The Morgan fingerprint density at radius 3 is 2.25 bits per heavy atom. The molecule has 0 radical (unpaired) electrons. The van der Waals surface area contributed by atoms with Gasteiger partial charge in [-0.1, -0.05) is 11.6 Å². The molecule has 51 heavy (non-hydrogen) atoms. The van der Waals surface area contributed by atoms with Crippen molar-refractivity contribution in [2.24, 2.45) is 13.0 Å². The summed E-state index contributed by atoms with van der Waals surface area (Å²) in [4.78, 5) is 60.6. The third-order valence-corrected chi connectivity index (χ3v) is 9.33. The monoisotopic (exact) mass is 737 g/mol. The number of benzene rings is 2. The Balaban J connectivity index is 1.15.